The molecule has 2 aromatic rings. The molecule has 3 rings (SSSR count). The third-order valence-corrected chi connectivity index (χ3v) is 4.21. The Hall–Kier alpha value is -1.77. The Kier molecular flexibility index (Phi) is 4.36. The van der Waals surface area contributed by atoms with Crippen molar-refractivity contribution in [2.45, 2.75) is 38.5 Å². The second-order valence-corrected chi connectivity index (χ2v) is 5.71. The summed E-state index contributed by atoms with van der Waals surface area (Å²) in [5.41, 5.74) is 2.31. The fourth-order valence-electron chi connectivity index (χ4n) is 3.06. The summed E-state index contributed by atoms with van der Waals surface area (Å²) >= 11 is 0. The molecule has 3 heteroatoms. The van der Waals surface area contributed by atoms with Crippen molar-refractivity contribution in [3.05, 3.63) is 42.7 Å². The molecule has 0 atom stereocenters. The Balaban J connectivity index is 1.68. The summed E-state index contributed by atoms with van der Waals surface area (Å²) in [7, 11) is 0. The predicted octanol–water partition coefficient (Wildman–Crippen LogP) is 4.25. The van der Waals surface area contributed by atoms with E-state index in [-0.39, 0.29) is 0 Å². The Morgan fingerprint density at radius 3 is 2.60 bits per heavy atom. The average Bonchev–Trinajstić information content (AvgIpc) is 2.89. The minimum absolute atomic E-state index is 0.822. The van der Waals surface area contributed by atoms with Crippen molar-refractivity contribution < 1.29 is 0 Å². The number of nitrogens with zero attached hydrogens (tertiary/aromatic N) is 2. The normalized spacial score (nSPS) is 16.8. The van der Waals surface area contributed by atoms with E-state index >= 15 is 0 Å². The van der Waals surface area contributed by atoms with Crippen LogP contribution < -0.4 is 5.32 Å². The molecule has 3 nitrogen and oxygen atoms in total. The highest BCUT2D eigenvalue weighted by Crippen LogP contribution is 2.25. The van der Waals surface area contributed by atoms with Crippen LogP contribution in [0.3, 0.4) is 0 Å². The molecule has 1 fully saturated rings. The van der Waals surface area contributed by atoms with E-state index in [2.05, 4.69) is 34.7 Å². The molecule has 0 aliphatic heterocycles. The first-order valence-corrected chi connectivity index (χ1v) is 7.76. The van der Waals surface area contributed by atoms with Crippen LogP contribution in [0.1, 0.15) is 38.5 Å². The number of anilines is 1. The maximum absolute atomic E-state index is 4.33. The molecular formula is C17H23N3. The van der Waals surface area contributed by atoms with Crippen molar-refractivity contribution in [1.29, 1.82) is 0 Å². The molecule has 1 aromatic heterocycles. The molecule has 0 unspecified atom stereocenters. The Bertz CT molecular complexity index is 511. The van der Waals surface area contributed by atoms with Gasteiger partial charge in [0.05, 0.1) is 11.4 Å². The van der Waals surface area contributed by atoms with Crippen LogP contribution in [-0.2, 0) is 0 Å². The van der Waals surface area contributed by atoms with E-state index in [0.29, 0.717) is 0 Å². The first kappa shape index (κ1) is 13.2. The van der Waals surface area contributed by atoms with Crippen molar-refractivity contribution in [3.63, 3.8) is 0 Å². The van der Waals surface area contributed by atoms with Crippen molar-refractivity contribution >= 4 is 5.69 Å². The maximum atomic E-state index is 4.33. The van der Waals surface area contributed by atoms with Gasteiger partial charge >= 0.3 is 0 Å². The first-order chi connectivity index (χ1) is 9.93. The molecule has 1 heterocycles. The molecule has 1 aliphatic rings. The lowest BCUT2D eigenvalue weighted by Crippen LogP contribution is -2.15. The van der Waals surface area contributed by atoms with Gasteiger partial charge in [0.2, 0.25) is 0 Å². The number of hydrogen-bond donors (Lipinski definition) is 1. The zero-order valence-electron chi connectivity index (χ0n) is 12.0. The molecule has 1 aliphatic carbocycles. The minimum Gasteiger partial charge on any atom is -0.383 e. The average molecular weight is 269 g/mol. The Morgan fingerprint density at radius 2 is 1.85 bits per heavy atom. The van der Waals surface area contributed by atoms with Crippen LogP contribution in [0.2, 0.25) is 0 Å². The van der Waals surface area contributed by atoms with Crippen LogP contribution in [0.4, 0.5) is 5.69 Å². The van der Waals surface area contributed by atoms with Crippen molar-refractivity contribution in [3.8, 4) is 5.69 Å². The fourth-order valence-corrected chi connectivity index (χ4v) is 3.06. The van der Waals surface area contributed by atoms with Gasteiger partial charge in [-0.15, -0.1) is 0 Å². The molecular weight excluding hydrogens is 246 g/mol. The molecule has 20 heavy (non-hydrogen) atoms. The van der Waals surface area contributed by atoms with E-state index in [1.54, 1.807) is 0 Å². The van der Waals surface area contributed by atoms with E-state index in [1.165, 1.54) is 44.2 Å². The summed E-state index contributed by atoms with van der Waals surface area (Å²) in [6, 6.07) is 10.4. The lowest BCUT2D eigenvalue weighted by molar-refractivity contribution is 0.483. The zero-order valence-corrected chi connectivity index (χ0v) is 12.0. The van der Waals surface area contributed by atoms with Gasteiger partial charge in [0.1, 0.15) is 0 Å². The molecule has 106 valence electrons. The summed E-state index contributed by atoms with van der Waals surface area (Å²) in [5, 5.41) is 7.97. The second-order valence-electron chi connectivity index (χ2n) is 5.71. The van der Waals surface area contributed by atoms with Gasteiger partial charge in [-0.1, -0.05) is 37.8 Å². The second kappa shape index (κ2) is 6.60. The summed E-state index contributed by atoms with van der Waals surface area (Å²) < 4.78 is 1.93. The molecule has 0 radical (unpaired) electrons. The van der Waals surface area contributed by atoms with E-state index in [4.69, 9.17) is 0 Å². The number of rotatable bonds is 4. The number of nitrogens with one attached hydrogen (secondary N) is 1. The fraction of sp³-hybridized carbons (Fsp3) is 0.471. The molecule has 0 bridgehead atoms. The highest BCUT2D eigenvalue weighted by molar-refractivity contribution is 5.60. The third-order valence-electron chi connectivity index (χ3n) is 4.21. The number of aromatic nitrogens is 2. The summed E-state index contributed by atoms with van der Waals surface area (Å²) in [6.07, 6.45) is 12.2. The maximum Gasteiger partial charge on any atom is 0.0876 e. The lowest BCUT2D eigenvalue weighted by atomic mass is 10.0. The molecule has 1 saturated carbocycles. The molecule has 1 aromatic carbocycles. The zero-order chi connectivity index (χ0) is 13.6. The summed E-state index contributed by atoms with van der Waals surface area (Å²) in [5.74, 6) is 0.822. The molecule has 1 N–H and O–H groups in total. The largest absolute Gasteiger partial charge is 0.383 e. The van der Waals surface area contributed by atoms with Crippen molar-refractivity contribution in [2.24, 2.45) is 5.92 Å². The standard InChI is InChI=1S/C17H23N3/c1-2-4-9-15(8-3-1)14-18-16-10-5-6-11-17(16)20-13-7-12-19-20/h5-7,10-13,15,18H,1-4,8-9,14H2. The van der Waals surface area contributed by atoms with Crippen LogP contribution in [0.15, 0.2) is 42.7 Å². The van der Waals surface area contributed by atoms with Gasteiger partial charge in [0.15, 0.2) is 0 Å². The van der Waals surface area contributed by atoms with Crippen molar-refractivity contribution in [2.75, 3.05) is 11.9 Å². The van der Waals surface area contributed by atoms with Gasteiger partial charge in [0.25, 0.3) is 0 Å². The smallest absolute Gasteiger partial charge is 0.0876 e. The molecule has 0 amide bonds. The van der Waals surface area contributed by atoms with Crippen LogP contribution in [0.5, 0.6) is 0 Å². The Labute approximate surface area is 121 Å². The first-order valence-electron chi connectivity index (χ1n) is 7.76. The predicted molar refractivity (Wildman–Crippen MR) is 83.2 cm³/mol. The van der Waals surface area contributed by atoms with Gasteiger partial charge in [0, 0.05) is 18.9 Å². The van der Waals surface area contributed by atoms with E-state index in [1.807, 2.05) is 23.1 Å². The Morgan fingerprint density at radius 1 is 1.05 bits per heavy atom. The van der Waals surface area contributed by atoms with Gasteiger partial charge in [-0.3, -0.25) is 0 Å². The molecule has 0 spiro atoms. The minimum atomic E-state index is 0.822. The third kappa shape index (κ3) is 3.21. The van der Waals surface area contributed by atoms with Crippen LogP contribution in [0.25, 0.3) is 5.69 Å². The van der Waals surface area contributed by atoms with E-state index in [0.717, 1.165) is 18.2 Å². The van der Waals surface area contributed by atoms with E-state index < -0.39 is 0 Å². The topological polar surface area (TPSA) is 29.9 Å². The summed E-state index contributed by atoms with van der Waals surface area (Å²) in [6.45, 7) is 1.08. The summed E-state index contributed by atoms with van der Waals surface area (Å²) in [4.78, 5) is 0. The van der Waals surface area contributed by atoms with Gasteiger partial charge in [-0.05, 0) is 37.0 Å². The number of para-hydroxylation sites is 2. The monoisotopic (exact) mass is 269 g/mol. The highest BCUT2D eigenvalue weighted by atomic mass is 15.3. The molecule has 0 saturated heterocycles. The van der Waals surface area contributed by atoms with Gasteiger partial charge in [-0.2, -0.15) is 5.10 Å². The van der Waals surface area contributed by atoms with Gasteiger partial charge in [-0.25, -0.2) is 4.68 Å². The highest BCUT2D eigenvalue weighted by Gasteiger charge is 2.12. The van der Waals surface area contributed by atoms with Crippen LogP contribution in [0, 0.1) is 5.92 Å². The van der Waals surface area contributed by atoms with Crippen LogP contribution in [-0.4, -0.2) is 16.3 Å². The van der Waals surface area contributed by atoms with E-state index in [9.17, 15) is 0 Å². The van der Waals surface area contributed by atoms with Gasteiger partial charge < -0.3 is 5.32 Å². The number of hydrogen-bond acceptors (Lipinski definition) is 2. The van der Waals surface area contributed by atoms with Crippen LogP contribution >= 0.6 is 0 Å². The SMILES string of the molecule is c1ccc(-n2cccn2)c(NCC2CCCCCC2)c1. The lowest BCUT2D eigenvalue weighted by Gasteiger charge is -2.17. The number of benzene rings is 1. The quantitative estimate of drug-likeness (QED) is 0.841. The van der Waals surface area contributed by atoms with Crippen molar-refractivity contribution in [1.82, 2.24) is 9.78 Å².